The van der Waals surface area contributed by atoms with Crippen LogP contribution < -0.4 is 0 Å². The van der Waals surface area contributed by atoms with E-state index in [9.17, 15) is 9.59 Å². The molecule has 1 atom stereocenters. The van der Waals surface area contributed by atoms with Gasteiger partial charge in [0.25, 0.3) is 0 Å². The predicted octanol–water partition coefficient (Wildman–Crippen LogP) is 2.50. The van der Waals surface area contributed by atoms with Gasteiger partial charge in [-0.15, -0.1) is 11.3 Å². The molecule has 0 aliphatic heterocycles. The fourth-order valence-corrected chi connectivity index (χ4v) is 3.87. The maximum absolute atomic E-state index is 12.1. The van der Waals surface area contributed by atoms with Crippen LogP contribution in [0.2, 0.25) is 0 Å². The van der Waals surface area contributed by atoms with Crippen LogP contribution in [0.1, 0.15) is 36.1 Å². The smallest absolute Gasteiger partial charge is 0.347 e. The Morgan fingerprint density at radius 3 is 2.42 bits per heavy atom. The molecule has 1 N–H and O–H groups in total. The van der Waals surface area contributed by atoms with Crippen molar-refractivity contribution in [1.29, 1.82) is 0 Å². The Bertz CT molecular complexity index is 470. The second kappa shape index (κ2) is 6.91. The van der Waals surface area contributed by atoms with Gasteiger partial charge in [-0.25, -0.2) is 9.78 Å². The van der Waals surface area contributed by atoms with Gasteiger partial charge in [-0.3, -0.25) is 4.79 Å². The van der Waals surface area contributed by atoms with E-state index in [1.807, 2.05) is 20.8 Å². The number of thiazole rings is 1. The molecule has 19 heavy (non-hydrogen) atoms. The molecular formula is C12H18N2O3S2. The Morgan fingerprint density at radius 1 is 1.42 bits per heavy atom. The van der Waals surface area contributed by atoms with Gasteiger partial charge in [-0.05, 0) is 27.7 Å². The summed E-state index contributed by atoms with van der Waals surface area (Å²) in [5.74, 6) is -0.913. The molecule has 0 radical (unpaired) electrons. The Morgan fingerprint density at radius 2 is 2.00 bits per heavy atom. The summed E-state index contributed by atoms with van der Waals surface area (Å²) in [5, 5.41) is 8.72. The Hall–Kier alpha value is -1.08. The molecule has 7 heteroatoms. The maximum atomic E-state index is 12.1. The van der Waals surface area contributed by atoms with Crippen molar-refractivity contribution in [3.8, 4) is 0 Å². The number of hydrogen-bond donors (Lipinski definition) is 1. The minimum Gasteiger partial charge on any atom is -0.477 e. The van der Waals surface area contributed by atoms with E-state index in [1.54, 1.807) is 11.8 Å². The van der Waals surface area contributed by atoms with Crippen LogP contribution in [-0.4, -0.2) is 45.2 Å². The summed E-state index contributed by atoms with van der Waals surface area (Å²) in [6, 6.07) is 0. The number of aromatic nitrogens is 1. The number of hydrogen-bond acceptors (Lipinski definition) is 5. The molecule has 0 fully saturated rings. The van der Waals surface area contributed by atoms with Crippen molar-refractivity contribution in [2.24, 2.45) is 0 Å². The molecule has 1 aromatic rings. The molecule has 1 rings (SSSR count). The number of nitrogens with zero attached hydrogens (tertiary/aromatic N) is 2. The van der Waals surface area contributed by atoms with Crippen molar-refractivity contribution in [3.05, 3.63) is 10.6 Å². The lowest BCUT2D eigenvalue weighted by atomic mass is 10.4. The third kappa shape index (κ3) is 3.94. The lowest BCUT2D eigenvalue weighted by Gasteiger charge is -2.21. The molecule has 0 saturated carbocycles. The van der Waals surface area contributed by atoms with Gasteiger partial charge in [0.1, 0.15) is 4.88 Å². The molecule has 106 valence electrons. The summed E-state index contributed by atoms with van der Waals surface area (Å²) in [7, 11) is 0. The van der Waals surface area contributed by atoms with Gasteiger partial charge in [0, 0.05) is 13.1 Å². The molecule has 0 spiro atoms. The van der Waals surface area contributed by atoms with Crippen molar-refractivity contribution in [2.75, 3.05) is 13.1 Å². The van der Waals surface area contributed by atoms with Crippen molar-refractivity contribution < 1.29 is 14.7 Å². The van der Waals surface area contributed by atoms with Crippen molar-refractivity contribution >= 4 is 35.0 Å². The van der Waals surface area contributed by atoms with E-state index in [2.05, 4.69) is 4.98 Å². The zero-order chi connectivity index (χ0) is 14.6. The number of carbonyl (C=O) groups is 2. The summed E-state index contributed by atoms with van der Waals surface area (Å²) in [6.07, 6.45) is 0. The maximum Gasteiger partial charge on any atom is 0.347 e. The number of rotatable bonds is 6. The quantitative estimate of drug-likeness (QED) is 0.818. The molecular weight excluding hydrogens is 284 g/mol. The minimum absolute atomic E-state index is 0.0553. The zero-order valence-corrected chi connectivity index (χ0v) is 13.1. The average molecular weight is 302 g/mol. The third-order valence-electron chi connectivity index (χ3n) is 2.67. The van der Waals surface area contributed by atoms with Gasteiger partial charge in [0.15, 0.2) is 4.34 Å². The van der Waals surface area contributed by atoms with E-state index in [4.69, 9.17) is 5.11 Å². The van der Waals surface area contributed by atoms with Crippen molar-refractivity contribution in [3.63, 3.8) is 0 Å². The summed E-state index contributed by atoms with van der Waals surface area (Å²) < 4.78 is 0.628. The van der Waals surface area contributed by atoms with Crippen LogP contribution in [0.15, 0.2) is 4.34 Å². The fraction of sp³-hybridized carbons (Fsp3) is 0.583. The van der Waals surface area contributed by atoms with Gasteiger partial charge in [0.05, 0.1) is 10.9 Å². The Labute approximate surface area is 121 Å². The highest BCUT2D eigenvalue weighted by atomic mass is 32.2. The van der Waals surface area contributed by atoms with E-state index in [-0.39, 0.29) is 16.0 Å². The summed E-state index contributed by atoms with van der Waals surface area (Å²) in [4.78, 5) is 29.2. The zero-order valence-electron chi connectivity index (χ0n) is 11.5. The number of carbonyl (C=O) groups excluding carboxylic acids is 1. The normalized spacial score (nSPS) is 12.2. The first-order valence-corrected chi connectivity index (χ1v) is 7.76. The Kier molecular flexibility index (Phi) is 5.81. The lowest BCUT2D eigenvalue weighted by molar-refractivity contribution is -0.129. The Balaban J connectivity index is 2.77. The number of aryl methyl sites for hydroxylation is 1. The van der Waals surface area contributed by atoms with Crippen LogP contribution >= 0.6 is 23.1 Å². The number of aromatic carboxylic acids is 1. The van der Waals surface area contributed by atoms with Crippen LogP contribution in [0.3, 0.4) is 0 Å². The molecule has 0 aliphatic rings. The standard InChI is InChI=1S/C12H18N2O3S2/c1-5-14(6-2)10(15)8(4)18-12-13-7(3)9(19-12)11(16)17/h8H,5-6H2,1-4H3,(H,16,17). The van der Waals surface area contributed by atoms with E-state index in [1.165, 1.54) is 11.8 Å². The average Bonchev–Trinajstić information content (AvgIpc) is 2.71. The topological polar surface area (TPSA) is 70.5 Å². The van der Waals surface area contributed by atoms with Gasteiger partial charge < -0.3 is 10.0 Å². The van der Waals surface area contributed by atoms with Crippen molar-refractivity contribution in [1.82, 2.24) is 9.88 Å². The van der Waals surface area contributed by atoms with Gasteiger partial charge in [-0.2, -0.15) is 0 Å². The molecule has 1 heterocycles. The number of carboxylic acids is 1. The molecule has 1 amide bonds. The minimum atomic E-state index is -0.968. The number of carboxylic acid groups (broad SMARTS) is 1. The molecule has 1 aromatic heterocycles. The second-order valence-electron chi connectivity index (χ2n) is 3.97. The summed E-state index contributed by atoms with van der Waals surface area (Å²) in [5.41, 5.74) is 0.502. The SMILES string of the molecule is CCN(CC)C(=O)C(C)Sc1nc(C)c(C(=O)O)s1. The van der Waals surface area contributed by atoms with Crippen LogP contribution in [-0.2, 0) is 4.79 Å². The number of thioether (sulfide) groups is 1. The van der Waals surface area contributed by atoms with Gasteiger partial charge in [0.2, 0.25) is 5.91 Å². The van der Waals surface area contributed by atoms with Gasteiger partial charge in [-0.1, -0.05) is 11.8 Å². The highest BCUT2D eigenvalue weighted by molar-refractivity contribution is 8.02. The lowest BCUT2D eigenvalue weighted by Crippen LogP contribution is -2.36. The van der Waals surface area contributed by atoms with E-state index >= 15 is 0 Å². The van der Waals surface area contributed by atoms with Crippen LogP contribution in [0.5, 0.6) is 0 Å². The third-order valence-corrected chi connectivity index (χ3v) is 5.00. The first-order chi connectivity index (χ1) is 8.90. The van der Waals surface area contributed by atoms with E-state index in [0.29, 0.717) is 23.1 Å². The highest BCUT2D eigenvalue weighted by Gasteiger charge is 2.22. The highest BCUT2D eigenvalue weighted by Crippen LogP contribution is 2.30. The van der Waals surface area contributed by atoms with E-state index < -0.39 is 5.97 Å². The monoisotopic (exact) mass is 302 g/mol. The summed E-state index contributed by atoms with van der Waals surface area (Å²) >= 11 is 2.44. The molecule has 1 unspecified atom stereocenters. The number of amides is 1. The molecule has 5 nitrogen and oxygen atoms in total. The van der Waals surface area contributed by atoms with Crippen LogP contribution in [0.4, 0.5) is 0 Å². The van der Waals surface area contributed by atoms with Crippen LogP contribution in [0.25, 0.3) is 0 Å². The summed E-state index contributed by atoms with van der Waals surface area (Å²) in [6.45, 7) is 8.72. The first kappa shape index (κ1) is 16.0. The fourth-order valence-electron chi connectivity index (χ4n) is 1.61. The second-order valence-corrected chi connectivity index (χ2v) is 6.56. The van der Waals surface area contributed by atoms with Gasteiger partial charge >= 0.3 is 5.97 Å². The largest absolute Gasteiger partial charge is 0.477 e. The molecule has 0 bridgehead atoms. The van der Waals surface area contributed by atoms with E-state index in [0.717, 1.165) is 11.3 Å². The predicted molar refractivity (Wildman–Crippen MR) is 77.1 cm³/mol. The molecule has 0 aliphatic carbocycles. The molecule has 0 saturated heterocycles. The molecule has 0 aromatic carbocycles. The first-order valence-electron chi connectivity index (χ1n) is 6.06. The van der Waals surface area contributed by atoms with Crippen molar-refractivity contribution in [2.45, 2.75) is 37.3 Å². The van der Waals surface area contributed by atoms with Crippen LogP contribution in [0, 0.1) is 6.92 Å².